The lowest BCUT2D eigenvalue weighted by molar-refractivity contribution is -0.120. The summed E-state index contributed by atoms with van der Waals surface area (Å²) < 4.78 is 18.9. The molecule has 6 heteroatoms. The van der Waals surface area contributed by atoms with Gasteiger partial charge in [0.2, 0.25) is 11.7 Å². The number of Topliss-reactive ketones (excluding diaryl/α,β-unsaturated/α-hetero) is 1. The Bertz CT molecular complexity index is 671. The highest BCUT2D eigenvalue weighted by molar-refractivity contribution is 9.10. The van der Waals surface area contributed by atoms with Gasteiger partial charge in [-0.25, -0.2) is 4.39 Å². The first-order valence-corrected chi connectivity index (χ1v) is 7.76. The fourth-order valence-electron chi connectivity index (χ4n) is 2.58. The normalized spacial score (nSPS) is 19.5. The number of carbonyl (C=O) groups is 1. The highest BCUT2D eigenvalue weighted by Gasteiger charge is 2.28. The van der Waals surface area contributed by atoms with E-state index in [1.54, 1.807) is 6.07 Å². The molecular formula is C15H14BrFN2O2. The second-order valence-corrected chi connectivity index (χ2v) is 6.05. The van der Waals surface area contributed by atoms with Gasteiger partial charge in [0, 0.05) is 16.5 Å². The summed E-state index contributed by atoms with van der Waals surface area (Å²) >= 11 is 3.28. The van der Waals surface area contributed by atoms with Crippen LogP contribution in [-0.2, 0) is 4.79 Å². The van der Waals surface area contributed by atoms with E-state index in [0.717, 1.165) is 25.7 Å². The number of rotatable bonds is 2. The third-order valence-corrected chi connectivity index (χ3v) is 4.37. The van der Waals surface area contributed by atoms with Crippen molar-refractivity contribution in [3.05, 3.63) is 34.4 Å². The van der Waals surface area contributed by atoms with E-state index >= 15 is 0 Å². The van der Waals surface area contributed by atoms with Crippen molar-refractivity contribution in [3.63, 3.8) is 0 Å². The Kier molecular flexibility index (Phi) is 4.14. The van der Waals surface area contributed by atoms with Gasteiger partial charge in [0.15, 0.2) is 0 Å². The molecule has 1 atom stereocenters. The maximum atomic E-state index is 13.1. The van der Waals surface area contributed by atoms with Crippen molar-refractivity contribution >= 4 is 21.7 Å². The minimum atomic E-state index is -0.340. The smallest absolute Gasteiger partial charge is 0.237 e. The van der Waals surface area contributed by atoms with Gasteiger partial charge in [-0.05, 0) is 47.0 Å². The third kappa shape index (κ3) is 3.05. The van der Waals surface area contributed by atoms with Crippen LogP contribution in [0.25, 0.3) is 11.4 Å². The van der Waals surface area contributed by atoms with Crippen molar-refractivity contribution in [3.8, 4) is 11.4 Å². The zero-order chi connectivity index (χ0) is 14.8. The molecule has 0 amide bonds. The summed E-state index contributed by atoms with van der Waals surface area (Å²) in [4.78, 5) is 16.4. The first-order chi connectivity index (χ1) is 10.1. The van der Waals surface area contributed by atoms with Crippen molar-refractivity contribution in [2.75, 3.05) is 0 Å². The monoisotopic (exact) mass is 352 g/mol. The van der Waals surface area contributed by atoms with Crippen LogP contribution in [0.15, 0.2) is 27.2 Å². The maximum absolute atomic E-state index is 13.1. The van der Waals surface area contributed by atoms with Crippen LogP contribution in [0.3, 0.4) is 0 Å². The summed E-state index contributed by atoms with van der Waals surface area (Å²) in [5, 5.41) is 3.93. The average Bonchev–Trinajstić information content (AvgIpc) is 2.82. The van der Waals surface area contributed by atoms with E-state index in [1.807, 2.05) is 0 Å². The van der Waals surface area contributed by atoms with Crippen LogP contribution in [0, 0.1) is 5.82 Å². The average molecular weight is 353 g/mol. The molecule has 1 saturated carbocycles. The molecule has 21 heavy (non-hydrogen) atoms. The number of nitrogens with zero attached hydrogens (tertiary/aromatic N) is 2. The van der Waals surface area contributed by atoms with Gasteiger partial charge < -0.3 is 4.52 Å². The first-order valence-electron chi connectivity index (χ1n) is 6.97. The third-order valence-electron chi connectivity index (χ3n) is 3.72. The van der Waals surface area contributed by atoms with Crippen LogP contribution in [0.2, 0.25) is 0 Å². The molecule has 1 fully saturated rings. The molecule has 1 unspecified atom stereocenters. The molecule has 2 aromatic rings. The molecule has 1 heterocycles. The van der Waals surface area contributed by atoms with E-state index in [-0.39, 0.29) is 17.5 Å². The van der Waals surface area contributed by atoms with Crippen LogP contribution in [0.4, 0.5) is 4.39 Å². The van der Waals surface area contributed by atoms with Crippen molar-refractivity contribution in [2.24, 2.45) is 0 Å². The van der Waals surface area contributed by atoms with E-state index in [9.17, 15) is 9.18 Å². The standard InChI is InChI=1S/C15H14BrFN2O2/c16-12-8-9(17)6-7-10(12)14-18-15(21-19-14)11-4-2-1-3-5-13(11)20/h6-8,11H,1-5H2. The van der Waals surface area contributed by atoms with Gasteiger partial charge in [0.25, 0.3) is 0 Å². The molecule has 0 bridgehead atoms. The van der Waals surface area contributed by atoms with Crippen LogP contribution in [-0.4, -0.2) is 15.9 Å². The van der Waals surface area contributed by atoms with Gasteiger partial charge in [-0.15, -0.1) is 0 Å². The number of carbonyl (C=O) groups excluding carboxylic acids is 1. The van der Waals surface area contributed by atoms with E-state index in [1.165, 1.54) is 12.1 Å². The second-order valence-electron chi connectivity index (χ2n) is 5.20. The van der Waals surface area contributed by atoms with Crippen molar-refractivity contribution in [2.45, 2.75) is 38.0 Å². The lowest BCUT2D eigenvalue weighted by Gasteiger charge is -2.06. The Morgan fingerprint density at radius 2 is 2.14 bits per heavy atom. The van der Waals surface area contributed by atoms with Crippen molar-refractivity contribution < 1.29 is 13.7 Å². The van der Waals surface area contributed by atoms with Crippen molar-refractivity contribution in [1.29, 1.82) is 0 Å². The number of benzene rings is 1. The molecule has 0 saturated heterocycles. The van der Waals surface area contributed by atoms with Crippen LogP contribution >= 0.6 is 15.9 Å². The Balaban J connectivity index is 1.90. The quantitative estimate of drug-likeness (QED) is 0.758. The second kappa shape index (κ2) is 6.05. The van der Waals surface area contributed by atoms with Gasteiger partial charge >= 0.3 is 0 Å². The predicted molar refractivity (Wildman–Crippen MR) is 78.2 cm³/mol. The van der Waals surface area contributed by atoms with Gasteiger partial charge in [0.05, 0.1) is 5.92 Å². The first kappa shape index (κ1) is 14.4. The van der Waals surface area contributed by atoms with Crippen LogP contribution in [0.5, 0.6) is 0 Å². The van der Waals surface area contributed by atoms with Crippen LogP contribution < -0.4 is 0 Å². The van der Waals surface area contributed by atoms with E-state index in [4.69, 9.17) is 4.52 Å². The molecule has 3 rings (SSSR count). The Morgan fingerprint density at radius 1 is 1.29 bits per heavy atom. The summed E-state index contributed by atoms with van der Waals surface area (Å²) in [5.41, 5.74) is 0.646. The summed E-state index contributed by atoms with van der Waals surface area (Å²) in [7, 11) is 0. The van der Waals surface area contributed by atoms with Crippen molar-refractivity contribution in [1.82, 2.24) is 10.1 Å². The fourth-order valence-corrected chi connectivity index (χ4v) is 3.11. The lowest BCUT2D eigenvalue weighted by atomic mass is 9.99. The molecule has 0 radical (unpaired) electrons. The van der Waals surface area contributed by atoms with Gasteiger partial charge in [-0.2, -0.15) is 4.98 Å². The summed E-state index contributed by atoms with van der Waals surface area (Å²) in [6.07, 6.45) is 4.31. The summed E-state index contributed by atoms with van der Waals surface area (Å²) in [5.74, 6) is 0.268. The van der Waals surface area contributed by atoms with E-state index in [2.05, 4.69) is 26.1 Å². The molecule has 110 valence electrons. The predicted octanol–water partition coefficient (Wildman–Crippen LogP) is 4.26. The topological polar surface area (TPSA) is 56.0 Å². The number of ketones is 1. The maximum Gasteiger partial charge on any atom is 0.237 e. The van der Waals surface area contributed by atoms with Crippen LogP contribution in [0.1, 0.15) is 43.9 Å². The number of hydrogen-bond donors (Lipinski definition) is 0. The summed E-state index contributed by atoms with van der Waals surface area (Å²) in [6, 6.07) is 4.28. The molecule has 0 spiro atoms. The minimum absolute atomic E-state index is 0.167. The van der Waals surface area contributed by atoms with Gasteiger partial charge in [-0.1, -0.05) is 18.0 Å². The zero-order valence-electron chi connectivity index (χ0n) is 11.3. The largest absolute Gasteiger partial charge is 0.338 e. The zero-order valence-corrected chi connectivity index (χ0v) is 12.9. The molecule has 4 nitrogen and oxygen atoms in total. The molecule has 1 aliphatic rings. The molecule has 1 aliphatic carbocycles. The number of halogens is 2. The van der Waals surface area contributed by atoms with Gasteiger partial charge in [-0.3, -0.25) is 4.79 Å². The molecule has 1 aromatic carbocycles. The Hall–Kier alpha value is -1.56. The molecular weight excluding hydrogens is 339 g/mol. The van der Waals surface area contributed by atoms with E-state index < -0.39 is 0 Å². The highest BCUT2D eigenvalue weighted by atomic mass is 79.9. The Morgan fingerprint density at radius 3 is 2.95 bits per heavy atom. The SMILES string of the molecule is O=C1CCCCCC1c1nc(-c2ccc(F)cc2Br)no1. The van der Waals surface area contributed by atoms with Gasteiger partial charge in [0.1, 0.15) is 11.6 Å². The lowest BCUT2D eigenvalue weighted by Crippen LogP contribution is -2.10. The van der Waals surface area contributed by atoms with E-state index in [0.29, 0.717) is 28.2 Å². The minimum Gasteiger partial charge on any atom is -0.338 e. The molecule has 1 aromatic heterocycles. The summed E-state index contributed by atoms with van der Waals surface area (Å²) in [6.45, 7) is 0. The fraction of sp³-hybridized carbons (Fsp3) is 0.400. The Labute approximate surface area is 129 Å². The number of aromatic nitrogens is 2. The number of hydrogen-bond acceptors (Lipinski definition) is 4. The molecule has 0 aliphatic heterocycles. The highest BCUT2D eigenvalue weighted by Crippen LogP contribution is 2.31. The molecule has 0 N–H and O–H groups in total.